The second kappa shape index (κ2) is 7.04. The molecule has 0 unspecified atom stereocenters. The monoisotopic (exact) mass is 261 g/mol. The molecule has 3 heteroatoms. The zero-order chi connectivity index (χ0) is 13.7. The molecule has 0 saturated carbocycles. The van der Waals surface area contributed by atoms with Crippen molar-refractivity contribution in [2.45, 2.75) is 26.4 Å². The first kappa shape index (κ1) is 14.5. The van der Waals surface area contributed by atoms with Gasteiger partial charge in [0.1, 0.15) is 0 Å². The molecule has 106 valence electrons. The molecule has 0 aromatic heterocycles. The maximum atomic E-state index is 6.15. The Kier molecular flexibility index (Phi) is 5.37. The molecule has 19 heavy (non-hydrogen) atoms. The number of hydrogen-bond donors (Lipinski definition) is 1. The second-order valence-electron chi connectivity index (χ2n) is 5.97. The molecule has 1 atom stereocenters. The Balaban J connectivity index is 1.73. The average Bonchev–Trinajstić information content (AvgIpc) is 2.42. The molecular weight excluding hydrogens is 234 g/mol. The summed E-state index contributed by atoms with van der Waals surface area (Å²) >= 11 is 0. The molecule has 1 aliphatic heterocycles. The molecule has 0 spiro atoms. The fraction of sp³-hybridized carbons (Fsp3) is 0.625. The largest absolute Gasteiger partial charge is 0.326 e. The second-order valence-corrected chi connectivity index (χ2v) is 5.97. The van der Waals surface area contributed by atoms with Crippen LogP contribution in [0, 0.1) is 5.92 Å². The molecule has 0 amide bonds. The minimum absolute atomic E-state index is 0.306. The van der Waals surface area contributed by atoms with Gasteiger partial charge in [-0.1, -0.05) is 44.2 Å². The Hall–Kier alpha value is -0.900. The molecular formula is C16H27N3. The number of nitrogens with zero attached hydrogens (tertiary/aromatic N) is 2. The third-order valence-electron chi connectivity index (χ3n) is 4.04. The van der Waals surface area contributed by atoms with Gasteiger partial charge in [-0.15, -0.1) is 0 Å². The van der Waals surface area contributed by atoms with E-state index in [9.17, 15) is 0 Å². The maximum absolute atomic E-state index is 6.15. The lowest BCUT2D eigenvalue weighted by Crippen LogP contribution is -2.50. The van der Waals surface area contributed by atoms with E-state index >= 15 is 0 Å². The van der Waals surface area contributed by atoms with Crippen molar-refractivity contribution in [3.63, 3.8) is 0 Å². The zero-order valence-electron chi connectivity index (χ0n) is 12.3. The van der Waals surface area contributed by atoms with Crippen LogP contribution in [0.25, 0.3) is 0 Å². The highest BCUT2D eigenvalue weighted by Crippen LogP contribution is 2.09. The molecule has 1 saturated heterocycles. The molecule has 1 aromatic carbocycles. The van der Waals surface area contributed by atoms with Crippen LogP contribution in [0.1, 0.15) is 19.4 Å². The minimum atomic E-state index is 0.306. The topological polar surface area (TPSA) is 32.5 Å². The molecule has 1 aromatic rings. The van der Waals surface area contributed by atoms with Crippen LogP contribution < -0.4 is 5.73 Å². The van der Waals surface area contributed by atoms with Crippen molar-refractivity contribution in [1.29, 1.82) is 0 Å². The Morgan fingerprint density at radius 2 is 1.58 bits per heavy atom. The molecule has 1 fully saturated rings. The van der Waals surface area contributed by atoms with Crippen LogP contribution in [-0.4, -0.2) is 48.6 Å². The van der Waals surface area contributed by atoms with E-state index in [2.05, 4.69) is 54.0 Å². The number of piperazine rings is 1. The average molecular weight is 261 g/mol. The maximum Gasteiger partial charge on any atom is 0.0234 e. The van der Waals surface area contributed by atoms with Gasteiger partial charge < -0.3 is 5.73 Å². The van der Waals surface area contributed by atoms with Gasteiger partial charge in [0.15, 0.2) is 0 Å². The van der Waals surface area contributed by atoms with Crippen molar-refractivity contribution >= 4 is 0 Å². The van der Waals surface area contributed by atoms with E-state index in [1.54, 1.807) is 0 Å². The highest BCUT2D eigenvalue weighted by atomic mass is 15.3. The number of nitrogens with two attached hydrogens (primary N) is 1. The fourth-order valence-corrected chi connectivity index (χ4v) is 2.48. The van der Waals surface area contributed by atoms with E-state index in [-0.39, 0.29) is 0 Å². The summed E-state index contributed by atoms with van der Waals surface area (Å²) in [5, 5.41) is 0. The first-order valence-corrected chi connectivity index (χ1v) is 7.39. The Morgan fingerprint density at radius 3 is 2.16 bits per heavy atom. The zero-order valence-corrected chi connectivity index (χ0v) is 12.3. The van der Waals surface area contributed by atoms with Gasteiger partial charge in [-0.05, 0) is 11.5 Å². The summed E-state index contributed by atoms with van der Waals surface area (Å²) in [5.41, 5.74) is 7.56. The van der Waals surface area contributed by atoms with E-state index in [0.29, 0.717) is 12.0 Å². The van der Waals surface area contributed by atoms with E-state index in [0.717, 1.165) is 39.3 Å². The predicted molar refractivity (Wildman–Crippen MR) is 81.0 cm³/mol. The first-order valence-electron chi connectivity index (χ1n) is 7.39. The molecule has 0 radical (unpaired) electrons. The van der Waals surface area contributed by atoms with Gasteiger partial charge in [0.2, 0.25) is 0 Å². The lowest BCUT2D eigenvalue weighted by atomic mass is 10.0. The van der Waals surface area contributed by atoms with Gasteiger partial charge in [0.25, 0.3) is 0 Å². The van der Waals surface area contributed by atoms with Crippen molar-refractivity contribution < 1.29 is 0 Å². The third-order valence-corrected chi connectivity index (χ3v) is 4.04. The molecule has 2 rings (SSSR count). The standard InChI is InChI=1S/C16H27N3/c1-14(2)16(17)13-19-10-8-18(9-11-19)12-15-6-4-3-5-7-15/h3-7,14,16H,8-13,17H2,1-2H3/t16-/m1/s1. The van der Waals surface area contributed by atoms with E-state index in [1.807, 2.05) is 0 Å². The van der Waals surface area contributed by atoms with Crippen molar-refractivity contribution in [2.24, 2.45) is 11.7 Å². The van der Waals surface area contributed by atoms with Gasteiger partial charge in [0.05, 0.1) is 0 Å². The molecule has 2 N–H and O–H groups in total. The van der Waals surface area contributed by atoms with Gasteiger partial charge >= 0.3 is 0 Å². The van der Waals surface area contributed by atoms with E-state index in [1.165, 1.54) is 5.56 Å². The van der Waals surface area contributed by atoms with E-state index in [4.69, 9.17) is 5.73 Å². The summed E-state index contributed by atoms with van der Waals surface area (Å²) in [4.78, 5) is 5.04. The highest BCUT2D eigenvalue weighted by molar-refractivity contribution is 5.14. The molecule has 0 bridgehead atoms. The summed E-state index contributed by atoms with van der Waals surface area (Å²) < 4.78 is 0. The quantitative estimate of drug-likeness (QED) is 0.877. The van der Waals surface area contributed by atoms with Crippen LogP contribution >= 0.6 is 0 Å². The number of hydrogen-bond acceptors (Lipinski definition) is 3. The Morgan fingerprint density at radius 1 is 1.00 bits per heavy atom. The summed E-state index contributed by atoms with van der Waals surface area (Å²) in [6, 6.07) is 11.0. The van der Waals surface area contributed by atoms with Gasteiger partial charge in [-0.25, -0.2) is 0 Å². The highest BCUT2D eigenvalue weighted by Gasteiger charge is 2.19. The molecule has 3 nitrogen and oxygen atoms in total. The summed E-state index contributed by atoms with van der Waals surface area (Å²) in [5.74, 6) is 0.572. The van der Waals surface area contributed by atoms with Gasteiger partial charge in [0, 0.05) is 45.3 Å². The Bertz CT molecular complexity index is 356. The number of rotatable bonds is 5. The van der Waals surface area contributed by atoms with Crippen molar-refractivity contribution in [3.8, 4) is 0 Å². The lowest BCUT2D eigenvalue weighted by molar-refractivity contribution is 0.117. The summed E-state index contributed by atoms with van der Waals surface area (Å²) in [6.45, 7) is 11.1. The van der Waals surface area contributed by atoms with Crippen LogP contribution in [0.5, 0.6) is 0 Å². The number of benzene rings is 1. The smallest absolute Gasteiger partial charge is 0.0234 e. The van der Waals surface area contributed by atoms with Crippen LogP contribution in [-0.2, 0) is 6.54 Å². The van der Waals surface area contributed by atoms with Crippen LogP contribution in [0.2, 0.25) is 0 Å². The van der Waals surface area contributed by atoms with Gasteiger partial charge in [-0.3, -0.25) is 9.80 Å². The first-order chi connectivity index (χ1) is 9.15. The van der Waals surface area contributed by atoms with Crippen molar-refractivity contribution in [2.75, 3.05) is 32.7 Å². The summed E-state index contributed by atoms with van der Waals surface area (Å²) in [6.07, 6.45) is 0. The third kappa shape index (κ3) is 4.60. The van der Waals surface area contributed by atoms with Crippen LogP contribution in [0.15, 0.2) is 30.3 Å². The molecule has 1 heterocycles. The predicted octanol–water partition coefficient (Wildman–Crippen LogP) is 1.79. The SMILES string of the molecule is CC(C)[C@H](N)CN1CCN(Cc2ccccc2)CC1. The lowest BCUT2D eigenvalue weighted by Gasteiger charge is -2.36. The normalized spacial score (nSPS) is 19.8. The Labute approximate surface area is 117 Å². The summed E-state index contributed by atoms with van der Waals surface area (Å²) in [7, 11) is 0. The van der Waals surface area contributed by atoms with Crippen LogP contribution in [0.4, 0.5) is 0 Å². The van der Waals surface area contributed by atoms with Crippen LogP contribution in [0.3, 0.4) is 0 Å². The van der Waals surface area contributed by atoms with Gasteiger partial charge in [-0.2, -0.15) is 0 Å². The van der Waals surface area contributed by atoms with Crippen molar-refractivity contribution in [3.05, 3.63) is 35.9 Å². The fourth-order valence-electron chi connectivity index (χ4n) is 2.48. The molecule has 0 aliphatic carbocycles. The van der Waals surface area contributed by atoms with E-state index < -0.39 is 0 Å². The molecule has 1 aliphatic rings. The minimum Gasteiger partial charge on any atom is -0.326 e. The van der Waals surface area contributed by atoms with Crippen molar-refractivity contribution in [1.82, 2.24) is 9.80 Å².